The van der Waals surface area contributed by atoms with E-state index in [9.17, 15) is 9.59 Å². The van der Waals surface area contributed by atoms with Gasteiger partial charge in [-0.1, -0.05) is 6.07 Å². The van der Waals surface area contributed by atoms with Crippen LogP contribution in [0.4, 0.5) is 15.3 Å². The molecule has 1 heterocycles. The summed E-state index contributed by atoms with van der Waals surface area (Å²) in [5.41, 5.74) is 1.53. The zero-order valence-electron chi connectivity index (χ0n) is 10.3. The van der Waals surface area contributed by atoms with Gasteiger partial charge in [-0.2, -0.15) is 4.98 Å². The molecule has 0 aliphatic heterocycles. The number of nitrogens with one attached hydrogen (secondary N) is 3. The molecule has 2 amide bonds. The molecule has 0 atom stereocenters. The average molecular weight is 264 g/mol. The summed E-state index contributed by atoms with van der Waals surface area (Å²) in [6.07, 6.45) is -1.24. The first-order chi connectivity index (χ1) is 9.13. The Morgan fingerprint density at radius 1 is 1.32 bits per heavy atom. The van der Waals surface area contributed by atoms with Gasteiger partial charge in [0.1, 0.15) is 5.52 Å². The predicted molar refractivity (Wildman–Crippen MR) is 67.2 cm³/mol. The van der Waals surface area contributed by atoms with Gasteiger partial charge in [0.25, 0.3) is 0 Å². The van der Waals surface area contributed by atoms with Gasteiger partial charge < -0.3 is 19.8 Å². The summed E-state index contributed by atoms with van der Waals surface area (Å²) in [7, 11) is 2.70. The molecule has 100 valence electrons. The van der Waals surface area contributed by atoms with Crippen molar-refractivity contribution in [1.82, 2.24) is 15.3 Å². The number of H-pyrrole nitrogens is 1. The van der Waals surface area contributed by atoms with E-state index in [2.05, 4.69) is 25.3 Å². The van der Waals surface area contributed by atoms with E-state index in [4.69, 9.17) is 4.74 Å². The van der Waals surface area contributed by atoms with Crippen LogP contribution in [0.5, 0.6) is 6.01 Å². The normalized spacial score (nSPS) is 10.0. The summed E-state index contributed by atoms with van der Waals surface area (Å²) in [6, 6.07) is 5.15. The number of methoxy groups -OCH3 is 1. The largest absolute Gasteiger partial charge is 0.453 e. The highest BCUT2D eigenvalue weighted by Gasteiger charge is 2.12. The van der Waals surface area contributed by atoms with Gasteiger partial charge in [-0.05, 0) is 12.1 Å². The van der Waals surface area contributed by atoms with Gasteiger partial charge in [-0.3, -0.25) is 5.32 Å². The number of para-hydroxylation sites is 1. The first-order valence-electron chi connectivity index (χ1n) is 5.37. The lowest BCUT2D eigenvalue weighted by atomic mass is 10.3. The number of anilines is 1. The zero-order valence-corrected chi connectivity index (χ0v) is 10.3. The maximum absolute atomic E-state index is 11.2. The Morgan fingerprint density at radius 2 is 2.11 bits per heavy atom. The number of carbonyl (C=O) groups excluding carboxylic acids is 2. The number of amides is 2. The lowest BCUT2D eigenvalue weighted by molar-refractivity contribution is 0.187. The molecule has 19 heavy (non-hydrogen) atoms. The van der Waals surface area contributed by atoms with Crippen LogP contribution in [0.3, 0.4) is 0 Å². The number of aromatic nitrogens is 2. The van der Waals surface area contributed by atoms with Crippen LogP contribution in [0.2, 0.25) is 0 Å². The van der Waals surface area contributed by atoms with E-state index >= 15 is 0 Å². The van der Waals surface area contributed by atoms with E-state index in [1.54, 1.807) is 18.2 Å². The number of hydrogen-bond acceptors (Lipinski definition) is 5. The molecular formula is C11H12N4O4. The number of ether oxygens (including phenoxy) is 2. The molecule has 0 fully saturated rings. The standard InChI is InChI=1S/C11H12N4O4/c1-12-10(16)19-9-13-6-4-3-5-7(8(6)15-9)14-11(17)18-2/h3-5H,1-2H3,(H,12,16)(H,13,15)(H,14,17). The fourth-order valence-electron chi connectivity index (χ4n) is 1.46. The minimum atomic E-state index is -0.637. The van der Waals surface area contributed by atoms with Crippen LogP contribution in [0.1, 0.15) is 0 Å². The summed E-state index contributed by atoms with van der Waals surface area (Å²) in [4.78, 5) is 29.2. The first-order valence-corrected chi connectivity index (χ1v) is 5.37. The number of aromatic amines is 1. The first kappa shape index (κ1) is 12.7. The molecule has 1 aromatic carbocycles. The second-order valence-corrected chi connectivity index (χ2v) is 3.50. The Morgan fingerprint density at radius 3 is 2.79 bits per heavy atom. The van der Waals surface area contributed by atoms with Crippen LogP contribution >= 0.6 is 0 Å². The lowest BCUT2D eigenvalue weighted by Crippen LogP contribution is -2.22. The van der Waals surface area contributed by atoms with Crippen molar-refractivity contribution < 1.29 is 19.1 Å². The van der Waals surface area contributed by atoms with Gasteiger partial charge in [0.05, 0.1) is 18.3 Å². The maximum Gasteiger partial charge on any atom is 0.414 e. The molecule has 1 aromatic heterocycles. The van der Waals surface area contributed by atoms with Crippen LogP contribution in [-0.4, -0.2) is 36.3 Å². The quantitative estimate of drug-likeness (QED) is 0.761. The number of benzene rings is 1. The SMILES string of the molecule is CNC(=O)Oc1nc2c(NC(=O)OC)cccc2[nH]1. The van der Waals surface area contributed by atoms with Crippen molar-refractivity contribution >= 4 is 28.9 Å². The van der Waals surface area contributed by atoms with Crippen molar-refractivity contribution in [3.05, 3.63) is 18.2 Å². The molecule has 2 rings (SSSR count). The van der Waals surface area contributed by atoms with E-state index in [-0.39, 0.29) is 6.01 Å². The third-order valence-electron chi connectivity index (χ3n) is 2.31. The number of fused-ring (bicyclic) bond motifs is 1. The summed E-state index contributed by atoms with van der Waals surface area (Å²) in [5, 5.41) is 4.82. The van der Waals surface area contributed by atoms with E-state index in [0.29, 0.717) is 16.7 Å². The molecule has 0 aliphatic carbocycles. The monoisotopic (exact) mass is 264 g/mol. The average Bonchev–Trinajstić information content (AvgIpc) is 2.81. The Kier molecular flexibility index (Phi) is 3.51. The van der Waals surface area contributed by atoms with Crippen molar-refractivity contribution in [3.63, 3.8) is 0 Å². The molecule has 0 radical (unpaired) electrons. The number of imidazole rings is 1. The molecule has 3 N–H and O–H groups in total. The minimum Gasteiger partial charge on any atom is -0.453 e. The molecular weight excluding hydrogens is 252 g/mol. The van der Waals surface area contributed by atoms with Gasteiger partial charge in [0.15, 0.2) is 0 Å². The smallest absolute Gasteiger partial charge is 0.414 e. The van der Waals surface area contributed by atoms with Crippen LogP contribution < -0.4 is 15.4 Å². The summed E-state index contributed by atoms with van der Waals surface area (Å²) < 4.78 is 9.38. The number of nitrogens with zero attached hydrogens (tertiary/aromatic N) is 1. The van der Waals surface area contributed by atoms with Gasteiger partial charge in [-0.15, -0.1) is 0 Å². The van der Waals surface area contributed by atoms with Gasteiger partial charge in [-0.25, -0.2) is 9.59 Å². The van der Waals surface area contributed by atoms with Crippen LogP contribution in [0.25, 0.3) is 11.0 Å². The third kappa shape index (κ3) is 2.73. The highest BCUT2D eigenvalue weighted by atomic mass is 16.6. The molecule has 8 heteroatoms. The Hall–Kier alpha value is -2.77. The summed E-state index contributed by atoms with van der Waals surface area (Å²) in [6.45, 7) is 0. The van der Waals surface area contributed by atoms with Crippen molar-refractivity contribution in [1.29, 1.82) is 0 Å². The van der Waals surface area contributed by atoms with E-state index in [0.717, 1.165) is 0 Å². The molecule has 2 aromatic rings. The van der Waals surface area contributed by atoms with Crippen LogP contribution in [0.15, 0.2) is 18.2 Å². The van der Waals surface area contributed by atoms with E-state index in [1.165, 1.54) is 14.2 Å². The van der Waals surface area contributed by atoms with Crippen LogP contribution in [0, 0.1) is 0 Å². The molecule has 0 saturated carbocycles. The topological polar surface area (TPSA) is 105 Å². The molecule has 0 bridgehead atoms. The van der Waals surface area contributed by atoms with Gasteiger partial charge >= 0.3 is 18.2 Å². The molecule has 8 nitrogen and oxygen atoms in total. The highest BCUT2D eigenvalue weighted by molar-refractivity contribution is 5.97. The minimum absolute atomic E-state index is 0.0356. The second kappa shape index (κ2) is 5.25. The molecule has 0 saturated heterocycles. The Balaban J connectivity index is 2.33. The second-order valence-electron chi connectivity index (χ2n) is 3.50. The summed E-state index contributed by atoms with van der Waals surface area (Å²) >= 11 is 0. The van der Waals surface area contributed by atoms with E-state index in [1.807, 2.05) is 0 Å². The van der Waals surface area contributed by atoms with Crippen molar-refractivity contribution in [2.45, 2.75) is 0 Å². The Labute approximate surface area is 108 Å². The van der Waals surface area contributed by atoms with Crippen molar-refractivity contribution in [3.8, 4) is 6.01 Å². The molecule has 0 unspecified atom stereocenters. The van der Waals surface area contributed by atoms with Gasteiger partial charge in [0.2, 0.25) is 0 Å². The molecule has 0 spiro atoms. The predicted octanol–water partition coefficient (Wildman–Crippen LogP) is 1.46. The number of carbonyl (C=O) groups is 2. The van der Waals surface area contributed by atoms with Gasteiger partial charge in [0, 0.05) is 7.05 Å². The van der Waals surface area contributed by atoms with E-state index < -0.39 is 12.2 Å². The highest BCUT2D eigenvalue weighted by Crippen LogP contribution is 2.23. The Bertz CT molecular complexity index is 622. The zero-order chi connectivity index (χ0) is 13.8. The maximum atomic E-state index is 11.2. The van der Waals surface area contributed by atoms with Crippen molar-refractivity contribution in [2.75, 3.05) is 19.5 Å². The fourth-order valence-corrected chi connectivity index (χ4v) is 1.46. The summed E-state index contributed by atoms with van der Waals surface area (Å²) in [5.74, 6) is 0. The lowest BCUT2D eigenvalue weighted by Gasteiger charge is -2.03. The molecule has 0 aliphatic rings. The fraction of sp³-hybridized carbons (Fsp3) is 0.182. The number of rotatable bonds is 2. The number of hydrogen-bond donors (Lipinski definition) is 3. The van der Waals surface area contributed by atoms with Crippen molar-refractivity contribution in [2.24, 2.45) is 0 Å². The van der Waals surface area contributed by atoms with Crippen LogP contribution in [-0.2, 0) is 4.74 Å². The third-order valence-corrected chi connectivity index (χ3v) is 2.31.